The molecule has 4 rings (SSSR count). The molecule has 0 bridgehead atoms. The number of likely N-dealkylation sites (tertiary alicyclic amines) is 1. The first kappa shape index (κ1) is 26.2. The van der Waals surface area contributed by atoms with E-state index in [-0.39, 0.29) is 24.0 Å². The first-order chi connectivity index (χ1) is 17.4. The molecule has 8 heteroatoms. The van der Waals surface area contributed by atoms with Gasteiger partial charge in [0.25, 0.3) is 5.91 Å². The third-order valence-electron chi connectivity index (χ3n) is 7.25. The number of para-hydroxylation sites is 1. The second-order valence-corrected chi connectivity index (χ2v) is 10.1. The quantitative estimate of drug-likeness (QED) is 0.647. The summed E-state index contributed by atoms with van der Waals surface area (Å²) in [6.45, 7) is 4.33. The van der Waals surface area contributed by atoms with Gasteiger partial charge in [0.05, 0.1) is 24.3 Å². The van der Waals surface area contributed by atoms with Crippen LogP contribution in [0, 0.1) is 6.92 Å². The van der Waals surface area contributed by atoms with Gasteiger partial charge in [0.2, 0.25) is 5.91 Å². The molecule has 2 aliphatic heterocycles. The van der Waals surface area contributed by atoms with Crippen molar-refractivity contribution in [3.8, 4) is 5.75 Å². The number of ether oxygens (including phenoxy) is 2. The summed E-state index contributed by atoms with van der Waals surface area (Å²) in [6, 6.07) is 7.41. The number of fused-ring (bicyclic) bond motifs is 2. The van der Waals surface area contributed by atoms with E-state index in [9.17, 15) is 9.59 Å². The first-order valence-corrected chi connectivity index (χ1v) is 13.3. The van der Waals surface area contributed by atoms with E-state index >= 15 is 0 Å². The molecule has 1 aromatic carbocycles. The Balaban J connectivity index is 1.47. The van der Waals surface area contributed by atoms with Gasteiger partial charge >= 0.3 is 0 Å². The molecule has 1 fully saturated rings. The zero-order valence-electron chi connectivity index (χ0n) is 21.9. The largest absolute Gasteiger partial charge is 0.485 e. The van der Waals surface area contributed by atoms with Crippen LogP contribution < -0.4 is 4.74 Å². The lowest BCUT2D eigenvalue weighted by molar-refractivity contribution is -0.130. The molecular weight excluding hydrogens is 456 g/mol. The number of carbonyl (C=O) groups excluding carboxylic acids is 2. The molecule has 8 nitrogen and oxygen atoms in total. The SMILES string of the molecule is Cc1nn(C)cc1CCC(=O)N1C[C@H]2OCCCCCCCCN(C)C(=O)c3ccccc3O[C@@H]2C1. The van der Waals surface area contributed by atoms with Crippen molar-refractivity contribution < 1.29 is 19.1 Å². The molecule has 2 atom stereocenters. The fraction of sp³-hybridized carbons (Fsp3) is 0.607. The molecule has 0 radical (unpaired) electrons. The molecule has 0 N–H and O–H groups in total. The summed E-state index contributed by atoms with van der Waals surface area (Å²) < 4.78 is 14.5. The monoisotopic (exact) mass is 496 g/mol. The second-order valence-electron chi connectivity index (χ2n) is 10.1. The Morgan fingerprint density at radius 3 is 2.53 bits per heavy atom. The zero-order chi connectivity index (χ0) is 25.5. The highest BCUT2D eigenvalue weighted by molar-refractivity contribution is 5.96. The van der Waals surface area contributed by atoms with Gasteiger partial charge in [-0.3, -0.25) is 14.3 Å². The summed E-state index contributed by atoms with van der Waals surface area (Å²) in [5, 5.41) is 4.38. The van der Waals surface area contributed by atoms with Crippen LogP contribution in [-0.4, -0.2) is 76.9 Å². The van der Waals surface area contributed by atoms with Gasteiger partial charge in [-0.05, 0) is 43.9 Å². The lowest BCUT2D eigenvalue weighted by Crippen LogP contribution is -2.34. The highest BCUT2D eigenvalue weighted by atomic mass is 16.5. The van der Waals surface area contributed by atoms with E-state index in [0.717, 1.165) is 43.5 Å². The van der Waals surface area contributed by atoms with Crippen molar-refractivity contribution in [2.24, 2.45) is 7.05 Å². The summed E-state index contributed by atoms with van der Waals surface area (Å²) in [7, 11) is 3.75. The summed E-state index contributed by atoms with van der Waals surface area (Å²) in [6.07, 6.45) is 9.13. The van der Waals surface area contributed by atoms with Gasteiger partial charge in [0.1, 0.15) is 18.0 Å². The first-order valence-electron chi connectivity index (χ1n) is 13.3. The molecule has 2 aromatic rings. The zero-order valence-corrected chi connectivity index (χ0v) is 21.9. The number of rotatable bonds is 3. The molecular formula is C28H40N4O4. The van der Waals surface area contributed by atoms with E-state index in [0.29, 0.717) is 43.9 Å². The van der Waals surface area contributed by atoms with Crippen LogP contribution in [0.1, 0.15) is 66.6 Å². The van der Waals surface area contributed by atoms with Crippen LogP contribution in [0.4, 0.5) is 0 Å². The molecule has 0 spiro atoms. The number of benzene rings is 1. The van der Waals surface area contributed by atoms with E-state index in [1.54, 1.807) is 9.58 Å². The van der Waals surface area contributed by atoms with Gasteiger partial charge in [-0.25, -0.2) is 0 Å². The number of amides is 2. The maximum absolute atomic E-state index is 13.2. The summed E-state index contributed by atoms with van der Waals surface area (Å²) in [4.78, 5) is 30.0. The fourth-order valence-corrected chi connectivity index (χ4v) is 5.12. The van der Waals surface area contributed by atoms with Gasteiger partial charge in [-0.15, -0.1) is 0 Å². The Labute approximate surface area is 214 Å². The minimum atomic E-state index is -0.318. The Bertz CT molecular complexity index is 1040. The van der Waals surface area contributed by atoms with Gasteiger partial charge in [0, 0.05) is 39.9 Å². The van der Waals surface area contributed by atoms with Gasteiger partial charge in [-0.1, -0.05) is 37.8 Å². The molecule has 3 heterocycles. The van der Waals surface area contributed by atoms with Gasteiger partial charge in [-0.2, -0.15) is 5.10 Å². The van der Waals surface area contributed by atoms with Crippen molar-refractivity contribution in [1.82, 2.24) is 19.6 Å². The predicted octanol–water partition coefficient (Wildman–Crippen LogP) is 3.76. The molecule has 0 saturated carbocycles. The van der Waals surface area contributed by atoms with Crippen molar-refractivity contribution in [2.75, 3.05) is 33.3 Å². The van der Waals surface area contributed by atoms with Crippen LogP contribution in [-0.2, 0) is 23.0 Å². The predicted molar refractivity (Wildman–Crippen MR) is 138 cm³/mol. The average Bonchev–Trinajstić information content (AvgIpc) is 3.42. The van der Waals surface area contributed by atoms with Crippen molar-refractivity contribution in [2.45, 2.75) is 70.5 Å². The van der Waals surface area contributed by atoms with Crippen LogP contribution in [0.3, 0.4) is 0 Å². The third kappa shape index (κ3) is 6.66. The molecule has 2 amide bonds. The summed E-state index contributed by atoms with van der Waals surface area (Å²) in [5.74, 6) is 0.612. The minimum Gasteiger partial charge on any atom is -0.485 e. The Morgan fingerprint density at radius 2 is 1.75 bits per heavy atom. The molecule has 0 aliphatic carbocycles. The van der Waals surface area contributed by atoms with Crippen LogP contribution in [0.25, 0.3) is 0 Å². The summed E-state index contributed by atoms with van der Waals surface area (Å²) in [5.41, 5.74) is 2.62. The molecule has 196 valence electrons. The molecule has 1 aromatic heterocycles. The standard InChI is InChI=1S/C28H40N4O4/c1-21-22(18-31(3)29-21)14-15-27(33)32-19-25-26(20-32)36-24-13-9-8-12-23(24)28(34)30(2)16-10-6-4-5-7-11-17-35-25/h8-9,12-13,18,25-26H,4-7,10-11,14-17,19-20H2,1-3H3/t25-,26-/m1/s1. The number of aromatic nitrogens is 2. The van der Waals surface area contributed by atoms with Crippen molar-refractivity contribution in [1.29, 1.82) is 0 Å². The molecule has 0 unspecified atom stereocenters. The lowest BCUT2D eigenvalue weighted by Gasteiger charge is -2.24. The number of aryl methyl sites for hydroxylation is 3. The average molecular weight is 497 g/mol. The van der Waals surface area contributed by atoms with Gasteiger partial charge < -0.3 is 19.3 Å². The normalized spacial score (nSPS) is 22.1. The maximum atomic E-state index is 13.2. The Morgan fingerprint density at radius 1 is 1.03 bits per heavy atom. The molecule has 36 heavy (non-hydrogen) atoms. The number of nitrogens with zero attached hydrogens (tertiary/aromatic N) is 4. The highest BCUT2D eigenvalue weighted by Gasteiger charge is 2.38. The lowest BCUT2D eigenvalue weighted by atomic mass is 10.1. The van der Waals surface area contributed by atoms with E-state index in [4.69, 9.17) is 9.47 Å². The maximum Gasteiger partial charge on any atom is 0.257 e. The molecule has 1 saturated heterocycles. The van der Waals surface area contributed by atoms with Crippen LogP contribution in [0.5, 0.6) is 5.75 Å². The van der Waals surface area contributed by atoms with E-state index in [2.05, 4.69) is 5.10 Å². The molecule has 2 aliphatic rings. The number of hydrogen-bond acceptors (Lipinski definition) is 5. The second kappa shape index (κ2) is 12.4. The topological polar surface area (TPSA) is 76.9 Å². The van der Waals surface area contributed by atoms with Crippen LogP contribution in [0.15, 0.2) is 30.5 Å². The van der Waals surface area contributed by atoms with Crippen molar-refractivity contribution in [3.05, 3.63) is 47.3 Å². The van der Waals surface area contributed by atoms with E-state index in [1.165, 1.54) is 12.8 Å². The van der Waals surface area contributed by atoms with E-state index < -0.39 is 0 Å². The van der Waals surface area contributed by atoms with Crippen LogP contribution >= 0.6 is 0 Å². The van der Waals surface area contributed by atoms with E-state index in [1.807, 2.05) is 56.4 Å². The fourth-order valence-electron chi connectivity index (χ4n) is 5.12. The number of hydrogen-bond donors (Lipinski definition) is 0. The minimum absolute atomic E-state index is 0.0343. The van der Waals surface area contributed by atoms with Crippen molar-refractivity contribution in [3.63, 3.8) is 0 Å². The van der Waals surface area contributed by atoms with Crippen molar-refractivity contribution >= 4 is 11.8 Å². The van der Waals surface area contributed by atoms with Crippen LogP contribution in [0.2, 0.25) is 0 Å². The smallest absolute Gasteiger partial charge is 0.257 e. The number of carbonyl (C=O) groups is 2. The van der Waals surface area contributed by atoms with Gasteiger partial charge in [0.15, 0.2) is 0 Å². The third-order valence-corrected chi connectivity index (χ3v) is 7.25. The summed E-state index contributed by atoms with van der Waals surface area (Å²) >= 11 is 0. The highest BCUT2D eigenvalue weighted by Crippen LogP contribution is 2.26. The Kier molecular flexibility index (Phi) is 9.02. The Hall–Kier alpha value is -2.87.